The zero-order valence-corrected chi connectivity index (χ0v) is 25.8. The number of fused-ring (bicyclic) bond motifs is 7. The molecule has 0 bridgehead atoms. The molecule has 4 nitrogen and oxygen atoms in total. The van der Waals surface area contributed by atoms with Crippen LogP contribution in [0.15, 0.2) is 158 Å². The molecule has 7 aromatic carbocycles. The molecule has 0 aliphatic rings. The van der Waals surface area contributed by atoms with Crippen molar-refractivity contribution in [2.24, 2.45) is 0 Å². The molecule has 0 saturated heterocycles. The van der Waals surface area contributed by atoms with Crippen molar-refractivity contribution in [3.8, 4) is 28.3 Å². The van der Waals surface area contributed by atoms with Gasteiger partial charge in [0, 0.05) is 49.1 Å². The summed E-state index contributed by atoms with van der Waals surface area (Å²) in [6.07, 6.45) is 0. The fourth-order valence-corrected chi connectivity index (χ4v) is 8.03. The molecule has 0 fully saturated rings. The van der Waals surface area contributed by atoms with Crippen LogP contribution in [-0.2, 0) is 0 Å². The van der Waals surface area contributed by atoms with Crippen LogP contribution in [0, 0.1) is 0 Å². The number of hydrogen-bond acceptors (Lipinski definition) is 2. The van der Waals surface area contributed by atoms with E-state index >= 15 is 0 Å². The summed E-state index contributed by atoms with van der Waals surface area (Å²) < 4.78 is 4.90. The molecule has 0 atom stereocenters. The molecule has 48 heavy (non-hydrogen) atoms. The zero-order valence-electron chi connectivity index (χ0n) is 25.8. The number of benzene rings is 7. The molecular weight excluding hydrogens is 585 g/mol. The maximum Gasteiger partial charge on any atom is 0.160 e. The van der Waals surface area contributed by atoms with Gasteiger partial charge >= 0.3 is 0 Å². The first-order valence-electron chi connectivity index (χ1n) is 16.4. The largest absolute Gasteiger partial charge is 0.309 e. The predicted molar refractivity (Wildman–Crippen MR) is 199 cm³/mol. The van der Waals surface area contributed by atoms with E-state index in [2.05, 4.69) is 155 Å². The summed E-state index contributed by atoms with van der Waals surface area (Å²) in [5.41, 5.74) is 11.2. The third-order valence-electron chi connectivity index (χ3n) is 10.1. The van der Waals surface area contributed by atoms with E-state index < -0.39 is 0 Å². The van der Waals surface area contributed by atoms with Gasteiger partial charge in [-0.05, 0) is 60.0 Å². The molecule has 0 amide bonds. The highest BCUT2D eigenvalue weighted by atomic mass is 15.0. The Bertz CT molecular complexity index is 3040. The van der Waals surface area contributed by atoms with Gasteiger partial charge < -0.3 is 8.97 Å². The van der Waals surface area contributed by atoms with E-state index in [0.717, 1.165) is 39.2 Å². The van der Waals surface area contributed by atoms with Gasteiger partial charge in [0.15, 0.2) is 5.82 Å². The van der Waals surface area contributed by atoms with Gasteiger partial charge in [0.05, 0.1) is 38.8 Å². The first-order valence-corrected chi connectivity index (χ1v) is 16.4. The molecule has 11 aromatic rings. The Labute approximate surface area is 275 Å². The lowest BCUT2D eigenvalue weighted by Crippen LogP contribution is -1.97. The molecule has 0 spiro atoms. The fourth-order valence-electron chi connectivity index (χ4n) is 8.03. The average Bonchev–Trinajstić information content (AvgIpc) is 3.63. The van der Waals surface area contributed by atoms with Crippen LogP contribution in [0.5, 0.6) is 0 Å². The normalized spacial score (nSPS) is 12.2. The van der Waals surface area contributed by atoms with E-state index in [-0.39, 0.29) is 0 Å². The van der Waals surface area contributed by atoms with E-state index in [1.54, 1.807) is 0 Å². The maximum absolute atomic E-state index is 5.12. The number of hydrogen-bond donors (Lipinski definition) is 0. The van der Waals surface area contributed by atoms with Gasteiger partial charge in [0.25, 0.3) is 0 Å². The summed E-state index contributed by atoms with van der Waals surface area (Å²) in [5, 5.41) is 8.71. The summed E-state index contributed by atoms with van der Waals surface area (Å²) in [6, 6.07) is 56.4. The summed E-state index contributed by atoms with van der Waals surface area (Å²) in [5.74, 6) is 0.723. The van der Waals surface area contributed by atoms with Gasteiger partial charge in [0.2, 0.25) is 0 Å². The highest BCUT2D eigenvalue weighted by Gasteiger charge is 2.23. The van der Waals surface area contributed by atoms with Crippen molar-refractivity contribution in [2.45, 2.75) is 0 Å². The summed E-state index contributed by atoms with van der Waals surface area (Å²) >= 11 is 0. The highest BCUT2D eigenvalue weighted by Crippen LogP contribution is 2.45. The van der Waals surface area contributed by atoms with Crippen molar-refractivity contribution < 1.29 is 0 Å². The lowest BCUT2D eigenvalue weighted by atomic mass is 10.0. The molecule has 0 aliphatic carbocycles. The maximum atomic E-state index is 5.12. The van der Waals surface area contributed by atoms with Crippen LogP contribution in [0.25, 0.3) is 99.1 Å². The Morgan fingerprint density at radius 2 is 1.00 bits per heavy atom. The molecule has 0 unspecified atom stereocenters. The van der Waals surface area contributed by atoms with E-state index in [9.17, 15) is 0 Å². The molecule has 11 rings (SSSR count). The van der Waals surface area contributed by atoms with Crippen molar-refractivity contribution in [2.75, 3.05) is 0 Å². The summed E-state index contributed by atoms with van der Waals surface area (Å²) in [4.78, 5) is 10.1. The van der Waals surface area contributed by atoms with Crippen LogP contribution < -0.4 is 0 Å². The Morgan fingerprint density at radius 3 is 1.79 bits per heavy atom. The van der Waals surface area contributed by atoms with Crippen molar-refractivity contribution in [3.05, 3.63) is 158 Å². The van der Waals surface area contributed by atoms with Crippen LogP contribution >= 0.6 is 0 Å². The van der Waals surface area contributed by atoms with Crippen LogP contribution in [0.2, 0.25) is 0 Å². The second-order valence-electron chi connectivity index (χ2n) is 12.6. The van der Waals surface area contributed by atoms with Gasteiger partial charge in [-0.3, -0.25) is 0 Å². The first-order chi connectivity index (χ1) is 23.8. The van der Waals surface area contributed by atoms with E-state index in [1.807, 2.05) is 12.1 Å². The summed E-state index contributed by atoms with van der Waals surface area (Å²) in [6.45, 7) is 0. The molecule has 4 heteroatoms. The lowest BCUT2D eigenvalue weighted by Gasteiger charge is -2.11. The molecule has 4 aromatic heterocycles. The fraction of sp³-hybridized carbons (Fsp3) is 0. The Balaban J connectivity index is 1.18. The molecule has 0 aliphatic heterocycles. The molecular formula is C44H26N4. The average molecular weight is 611 g/mol. The van der Waals surface area contributed by atoms with E-state index in [4.69, 9.17) is 9.97 Å². The molecule has 0 radical (unpaired) electrons. The van der Waals surface area contributed by atoms with Gasteiger partial charge in [-0.2, -0.15) is 0 Å². The third-order valence-corrected chi connectivity index (χ3v) is 10.1. The molecule has 0 N–H and O–H groups in total. The first kappa shape index (κ1) is 25.6. The Kier molecular flexibility index (Phi) is 5.08. The second kappa shape index (κ2) is 9.50. The van der Waals surface area contributed by atoms with Crippen LogP contribution in [-0.4, -0.2) is 18.9 Å². The van der Waals surface area contributed by atoms with Crippen LogP contribution in [0.4, 0.5) is 0 Å². The van der Waals surface area contributed by atoms with Crippen molar-refractivity contribution in [3.63, 3.8) is 0 Å². The second-order valence-corrected chi connectivity index (χ2v) is 12.6. The number of rotatable bonds is 3. The standard InChI is InChI=1S/C44H26N4/c1-2-11-27(12-3-1)42-34-15-4-7-17-35(34)45-44(46-42)28-21-23-29(24-22-28)47-38-20-10-16-32-30-13-5-8-18-36(30)48-37-19-9-6-14-31(37)33-25-26-39(47)41(40(32)38)43(33)48/h1-26H. The summed E-state index contributed by atoms with van der Waals surface area (Å²) in [7, 11) is 0. The monoisotopic (exact) mass is 610 g/mol. The number of aromatic nitrogens is 4. The topological polar surface area (TPSA) is 35.1 Å². The van der Waals surface area contributed by atoms with Gasteiger partial charge in [-0.15, -0.1) is 0 Å². The zero-order chi connectivity index (χ0) is 31.3. The smallest absolute Gasteiger partial charge is 0.160 e. The minimum Gasteiger partial charge on any atom is -0.309 e. The van der Waals surface area contributed by atoms with Crippen LogP contribution in [0.3, 0.4) is 0 Å². The lowest BCUT2D eigenvalue weighted by molar-refractivity contribution is 1.17. The third kappa shape index (κ3) is 3.38. The minimum atomic E-state index is 0.723. The van der Waals surface area contributed by atoms with Gasteiger partial charge in [-0.25, -0.2) is 9.97 Å². The van der Waals surface area contributed by atoms with E-state index in [1.165, 1.54) is 59.9 Å². The van der Waals surface area contributed by atoms with Gasteiger partial charge in [0.1, 0.15) is 0 Å². The predicted octanol–water partition coefficient (Wildman–Crippen LogP) is 11.2. The van der Waals surface area contributed by atoms with E-state index in [0.29, 0.717) is 0 Å². The SMILES string of the molecule is c1ccc(-c2nc(-c3ccc(-n4c5cccc6c7ccccc7n7c8ccccc8c8ccc4c(c65)c87)cc3)nc3ccccc23)cc1. The molecule has 4 heterocycles. The molecule has 222 valence electrons. The number of nitrogens with zero attached hydrogens (tertiary/aromatic N) is 4. The van der Waals surface area contributed by atoms with Gasteiger partial charge in [-0.1, -0.05) is 103 Å². The Hall–Kier alpha value is -6.52. The Morgan fingerprint density at radius 1 is 0.375 bits per heavy atom. The highest BCUT2D eigenvalue weighted by molar-refractivity contribution is 6.33. The van der Waals surface area contributed by atoms with Crippen molar-refractivity contribution in [1.29, 1.82) is 0 Å². The quantitative estimate of drug-likeness (QED) is 0.199. The van der Waals surface area contributed by atoms with Crippen LogP contribution in [0.1, 0.15) is 0 Å². The number of para-hydroxylation sites is 3. The molecule has 0 saturated carbocycles. The van der Waals surface area contributed by atoms with Crippen molar-refractivity contribution in [1.82, 2.24) is 18.9 Å². The van der Waals surface area contributed by atoms with Crippen molar-refractivity contribution >= 4 is 70.8 Å². The minimum absolute atomic E-state index is 0.723.